The highest BCUT2D eigenvalue weighted by atomic mass is 16.2. The highest BCUT2D eigenvalue weighted by molar-refractivity contribution is 5.79. The van der Waals surface area contributed by atoms with Crippen molar-refractivity contribution in [2.24, 2.45) is 17.8 Å². The number of carbonyl (C=O) groups is 1. The fraction of sp³-hybridized carbons (Fsp3) is 0.769. The minimum absolute atomic E-state index is 0.00759. The normalized spacial score (nSPS) is 13.3. The van der Waals surface area contributed by atoms with Crippen molar-refractivity contribution in [1.82, 2.24) is 20.1 Å². The molecule has 102 valence electrons. The number of nitrogens with one attached hydrogen (secondary N) is 1. The van der Waals surface area contributed by atoms with Crippen LogP contribution in [0, 0.1) is 17.8 Å². The molecule has 0 aliphatic carbocycles. The zero-order valence-electron chi connectivity index (χ0n) is 11.9. The van der Waals surface area contributed by atoms with Crippen molar-refractivity contribution in [3.63, 3.8) is 0 Å². The Labute approximate surface area is 109 Å². The van der Waals surface area contributed by atoms with Crippen molar-refractivity contribution >= 4 is 5.91 Å². The molecule has 0 saturated heterocycles. The van der Waals surface area contributed by atoms with Crippen LogP contribution in [0.4, 0.5) is 0 Å². The monoisotopic (exact) mass is 252 g/mol. The maximum Gasteiger partial charge on any atom is 0.244 e. The summed E-state index contributed by atoms with van der Waals surface area (Å²) >= 11 is 0. The third-order valence-electron chi connectivity index (χ3n) is 3.44. The third-order valence-corrected chi connectivity index (χ3v) is 3.44. The molecule has 5 nitrogen and oxygen atoms in total. The fourth-order valence-electron chi connectivity index (χ4n) is 2.14. The fourth-order valence-corrected chi connectivity index (χ4v) is 2.14. The van der Waals surface area contributed by atoms with Gasteiger partial charge in [-0.05, 0) is 24.7 Å². The Kier molecular flexibility index (Phi) is 5.31. The number of hydrogen-bond donors (Lipinski definition) is 1. The van der Waals surface area contributed by atoms with Crippen molar-refractivity contribution in [3.05, 3.63) is 12.7 Å². The van der Waals surface area contributed by atoms with E-state index >= 15 is 0 Å². The molecule has 1 aromatic heterocycles. The minimum atomic E-state index is -0.313. The molecule has 0 aliphatic heterocycles. The Balaban J connectivity index is 2.50. The summed E-state index contributed by atoms with van der Waals surface area (Å²) in [7, 11) is 0. The first-order valence-electron chi connectivity index (χ1n) is 6.55. The van der Waals surface area contributed by atoms with Gasteiger partial charge in [0.25, 0.3) is 0 Å². The topological polar surface area (TPSA) is 59.8 Å². The van der Waals surface area contributed by atoms with Gasteiger partial charge in [-0.2, -0.15) is 5.10 Å². The van der Waals surface area contributed by atoms with Gasteiger partial charge in [0.1, 0.15) is 18.7 Å². The van der Waals surface area contributed by atoms with Crippen molar-refractivity contribution in [2.75, 3.05) is 6.54 Å². The SMILES string of the molecule is CC(C)C(CNC(=O)C(C)n1cncn1)C(C)C. The van der Waals surface area contributed by atoms with Crippen molar-refractivity contribution < 1.29 is 4.79 Å². The molecule has 0 bridgehead atoms. The van der Waals surface area contributed by atoms with E-state index in [1.54, 1.807) is 11.0 Å². The van der Waals surface area contributed by atoms with Gasteiger partial charge in [-0.1, -0.05) is 27.7 Å². The van der Waals surface area contributed by atoms with Crippen LogP contribution in [0.25, 0.3) is 0 Å². The van der Waals surface area contributed by atoms with Gasteiger partial charge in [0.05, 0.1) is 0 Å². The largest absolute Gasteiger partial charge is 0.354 e. The maximum atomic E-state index is 12.0. The summed E-state index contributed by atoms with van der Waals surface area (Å²) in [5, 5.41) is 6.99. The number of nitrogens with zero attached hydrogens (tertiary/aromatic N) is 3. The summed E-state index contributed by atoms with van der Waals surface area (Å²) in [5.41, 5.74) is 0. The van der Waals surface area contributed by atoms with Crippen LogP contribution in [-0.2, 0) is 4.79 Å². The lowest BCUT2D eigenvalue weighted by atomic mass is 9.85. The highest BCUT2D eigenvalue weighted by Crippen LogP contribution is 2.19. The van der Waals surface area contributed by atoms with Crippen LogP contribution in [0.5, 0.6) is 0 Å². The van der Waals surface area contributed by atoms with E-state index in [9.17, 15) is 4.79 Å². The Morgan fingerprint density at radius 3 is 2.28 bits per heavy atom. The first-order valence-corrected chi connectivity index (χ1v) is 6.55. The van der Waals surface area contributed by atoms with Crippen LogP contribution < -0.4 is 5.32 Å². The van der Waals surface area contributed by atoms with Gasteiger partial charge in [0.2, 0.25) is 5.91 Å². The second-order valence-corrected chi connectivity index (χ2v) is 5.45. The van der Waals surface area contributed by atoms with Crippen LogP contribution in [0.3, 0.4) is 0 Å². The molecule has 1 heterocycles. The molecule has 0 aliphatic rings. The Bertz CT molecular complexity index is 351. The van der Waals surface area contributed by atoms with Crippen LogP contribution in [0.15, 0.2) is 12.7 Å². The zero-order valence-corrected chi connectivity index (χ0v) is 11.9. The average molecular weight is 252 g/mol. The lowest BCUT2D eigenvalue weighted by molar-refractivity contribution is -0.124. The number of hydrogen-bond acceptors (Lipinski definition) is 3. The molecule has 0 aromatic carbocycles. The van der Waals surface area contributed by atoms with Crippen molar-refractivity contribution in [1.29, 1.82) is 0 Å². The first-order chi connectivity index (χ1) is 8.43. The van der Waals surface area contributed by atoms with Gasteiger partial charge in [-0.15, -0.1) is 0 Å². The Morgan fingerprint density at radius 1 is 1.22 bits per heavy atom. The molecule has 1 atom stereocenters. The van der Waals surface area contributed by atoms with E-state index in [-0.39, 0.29) is 11.9 Å². The number of carbonyl (C=O) groups excluding carboxylic acids is 1. The van der Waals surface area contributed by atoms with Crippen molar-refractivity contribution in [3.8, 4) is 0 Å². The summed E-state index contributed by atoms with van der Waals surface area (Å²) in [6.45, 7) is 11.3. The molecule has 1 rings (SSSR count). The standard InChI is InChI=1S/C13H24N4O/c1-9(2)12(10(3)4)6-15-13(18)11(5)17-8-14-7-16-17/h7-12H,6H2,1-5H3,(H,15,18). The summed E-state index contributed by atoms with van der Waals surface area (Å²) in [6, 6.07) is -0.313. The quantitative estimate of drug-likeness (QED) is 0.841. The lowest BCUT2D eigenvalue weighted by Crippen LogP contribution is -2.37. The molecular weight excluding hydrogens is 228 g/mol. The van der Waals surface area contributed by atoms with Gasteiger partial charge in [0, 0.05) is 6.54 Å². The highest BCUT2D eigenvalue weighted by Gasteiger charge is 2.20. The molecule has 0 spiro atoms. The van der Waals surface area contributed by atoms with E-state index in [4.69, 9.17) is 0 Å². The molecule has 0 radical (unpaired) electrons. The molecule has 18 heavy (non-hydrogen) atoms. The molecule has 1 unspecified atom stereocenters. The molecular formula is C13H24N4O. The molecule has 1 amide bonds. The van der Waals surface area contributed by atoms with Crippen LogP contribution in [0.1, 0.15) is 40.7 Å². The van der Waals surface area contributed by atoms with E-state index < -0.39 is 0 Å². The van der Waals surface area contributed by atoms with Gasteiger partial charge >= 0.3 is 0 Å². The Hall–Kier alpha value is -1.39. The molecule has 1 N–H and O–H groups in total. The predicted molar refractivity (Wildman–Crippen MR) is 70.9 cm³/mol. The van der Waals surface area contributed by atoms with E-state index in [0.29, 0.717) is 24.3 Å². The van der Waals surface area contributed by atoms with Gasteiger partial charge in [-0.3, -0.25) is 4.79 Å². The van der Waals surface area contributed by atoms with Gasteiger partial charge in [0.15, 0.2) is 0 Å². The van der Waals surface area contributed by atoms with E-state index in [0.717, 1.165) is 0 Å². The summed E-state index contributed by atoms with van der Waals surface area (Å²) < 4.78 is 1.56. The van der Waals surface area contributed by atoms with E-state index in [1.165, 1.54) is 6.33 Å². The second-order valence-electron chi connectivity index (χ2n) is 5.45. The van der Waals surface area contributed by atoms with Gasteiger partial charge < -0.3 is 5.32 Å². The maximum absolute atomic E-state index is 12.0. The molecule has 1 aromatic rings. The average Bonchev–Trinajstić information content (AvgIpc) is 2.80. The van der Waals surface area contributed by atoms with Crippen LogP contribution in [0.2, 0.25) is 0 Å². The number of rotatable bonds is 6. The zero-order chi connectivity index (χ0) is 13.7. The van der Waals surface area contributed by atoms with E-state index in [2.05, 4.69) is 43.1 Å². The summed E-state index contributed by atoms with van der Waals surface area (Å²) in [5.74, 6) is 1.61. The molecule has 0 fully saturated rings. The van der Waals surface area contributed by atoms with Crippen LogP contribution >= 0.6 is 0 Å². The van der Waals surface area contributed by atoms with Gasteiger partial charge in [-0.25, -0.2) is 9.67 Å². The predicted octanol–water partition coefficient (Wildman–Crippen LogP) is 1.88. The summed E-state index contributed by atoms with van der Waals surface area (Å²) in [4.78, 5) is 15.8. The smallest absolute Gasteiger partial charge is 0.244 e. The van der Waals surface area contributed by atoms with Crippen molar-refractivity contribution in [2.45, 2.75) is 40.7 Å². The lowest BCUT2D eigenvalue weighted by Gasteiger charge is -2.25. The number of amides is 1. The molecule has 0 saturated carbocycles. The summed E-state index contributed by atoms with van der Waals surface area (Å²) in [6.07, 6.45) is 3.00. The second kappa shape index (κ2) is 6.52. The van der Waals surface area contributed by atoms with E-state index in [1.807, 2.05) is 6.92 Å². The minimum Gasteiger partial charge on any atom is -0.354 e. The molecule has 5 heteroatoms. The Morgan fingerprint density at radius 2 is 1.83 bits per heavy atom. The van der Waals surface area contributed by atoms with Crippen LogP contribution in [-0.4, -0.2) is 27.2 Å². The number of aromatic nitrogens is 3. The third kappa shape index (κ3) is 3.82. The first kappa shape index (κ1) is 14.7.